The summed E-state index contributed by atoms with van der Waals surface area (Å²) in [5.41, 5.74) is 2.37. The second-order valence-electron chi connectivity index (χ2n) is 4.93. The number of carboxylic acid groups (broad SMARTS) is 1. The molecule has 1 rings (SSSR count). The molecule has 1 atom stereocenters. The molecular weight excluding hydrogens is 242 g/mol. The van der Waals surface area contributed by atoms with Crippen molar-refractivity contribution in [2.45, 2.75) is 33.1 Å². The number of carbonyl (C=O) groups is 2. The monoisotopic (exact) mass is 263 g/mol. The number of benzene rings is 1. The van der Waals surface area contributed by atoms with Crippen molar-refractivity contribution in [2.24, 2.45) is 5.92 Å². The molecule has 0 fully saturated rings. The van der Waals surface area contributed by atoms with E-state index in [9.17, 15) is 9.59 Å². The van der Waals surface area contributed by atoms with E-state index < -0.39 is 5.97 Å². The number of amides is 1. The third-order valence-electron chi connectivity index (χ3n) is 3.05. The van der Waals surface area contributed by atoms with Gasteiger partial charge in [0, 0.05) is 19.4 Å². The van der Waals surface area contributed by atoms with Crippen molar-refractivity contribution in [1.29, 1.82) is 0 Å². The van der Waals surface area contributed by atoms with Crippen molar-refractivity contribution in [3.8, 4) is 0 Å². The molecule has 0 aliphatic rings. The molecule has 1 aromatic carbocycles. The lowest BCUT2D eigenvalue weighted by atomic mass is 10.0. The molecule has 0 aliphatic carbocycles. The van der Waals surface area contributed by atoms with Crippen LogP contribution in [-0.2, 0) is 16.0 Å². The van der Waals surface area contributed by atoms with E-state index in [-0.39, 0.29) is 18.2 Å². The van der Waals surface area contributed by atoms with E-state index in [1.54, 1.807) is 0 Å². The minimum atomic E-state index is -0.832. The van der Waals surface area contributed by atoms with Gasteiger partial charge in [-0.05, 0) is 30.4 Å². The maximum atomic E-state index is 11.7. The molecule has 0 heterocycles. The third-order valence-corrected chi connectivity index (χ3v) is 3.05. The summed E-state index contributed by atoms with van der Waals surface area (Å²) < 4.78 is 0. The van der Waals surface area contributed by atoms with Gasteiger partial charge in [-0.1, -0.05) is 31.2 Å². The Hall–Kier alpha value is -1.84. The molecule has 4 nitrogen and oxygen atoms in total. The van der Waals surface area contributed by atoms with E-state index >= 15 is 0 Å². The maximum Gasteiger partial charge on any atom is 0.303 e. The van der Waals surface area contributed by atoms with Crippen LogP contribution >= 0.6 is 0 Å². The molecule has 19 heavy (non-hydrogen) atoms. The molecule has 104 valence electrons. The number of hydrogen-bond donors (Lipinski definition) is 2. The molecule has 0 aromatic heterocycles. The summed E-state index contributed by atoms with van der Waals surface area (Å²) in [6.45, 7) is 4.26. The first-order valence-corrected chi connectivity index (χ1v) is 6.52. The van der Waals surface area contributed by atoms with Crippen LogP contribution in [0.25, 0.3) is 0 Å². The van der Waals surface area contributed by atoms with Crippen LogP contribution in [0, 0.1) is 12.8 Å². The zero-order valence-electron chi connectivity index (χ0n) is 11.5. The Morgan fingerprint density at radius 3 is 2.63 bits per heavy atom. The largest absolute Gasteiger partial charge is 0.481 e. The molecule has 4 heteroatoms. The van der Waals surface area contributed by atoms with E-state index in [0.29, 0.717) is 19.4 Å². The van der Waals surface area contributed by atoms with Crippen molar-refractivity contribution in [3.05, 3.63) is 35.4 Å². The summed E-state index contributed by atoms with van der Waals surface area (Å²) in [4.78, 5) is 22.1. The topological polar surface area (TPSA) is 66.4 Å². The predicted octanol–water partition coefficient (Wildman–Crippen LogP) is 2.15. The summed E-state index contributed by atoms with van der Waals surface area (Å²) in [5.74, 6) is -0.901. The highest BCUT2D eigenvalue weighted by atomic mass is 16.4. The van der Waals surface area contributed by atoms with Gasteiger partial charge in [0.15, 0.2) is 0 Å². The molecule has 0 spiro atoms. The van der Waals surface area contributed by atoms with Gasteiger partial charge >= 0.3 is 5.97 Å². The fourth-order valence-electron chi connectivity index (χ4n) is 1.89. The van der Waals surface area contributed by atoms with E-state index in [0.717, 1.165) is 0 Å². The van der Waals surface area contributed by atoms with Crippen molar-refractivity contribution < 1.29 is 14.7 Å². The van der Waals surface area contributed by atoms with Crippen LogP contribution in [0.4, 0.5) is 0 Å². The normalized spacial score (nSPS) is 11.9. The molecule has 0 aliphatic heterocycles. The smallest absolute Gasteiger partial charge is 0.303 e. The number of aliphatic carboxylic acids is 1. The molecule has 1 unspecified atom stereocenters. The van der Waals surface area contributed by atoms with Gasteiger partial charge < -0.3 is 10.4 Å². The first-order valence-electron chi connectivity index (χ1n) is 6.52. The Kier molecular flexibility index (Phi) is 6.06. The second-order valence-corrected chi connectivity index (χ2v) is 4.93. The average molecular weight is 263 g/mol. The van der Waals surface area contributed by atoms with Gasteiger partial charge in [0.25, 0.3) is 0 Å². The highest BCUT2D eigenvalue weighted by molar-refractivity contribution is 5.76. The lowest BCUT2D eigenvalue weighted by molar-refractivity contribution is -0.138. The van der Waals surface area contributed by atoms with Crippen LogP contribution in [0.15, 0.2) is 24.3 Å². The molecule has 1 amide bonds. The standard InChI is InChI=1S/C15H21NO3/c1-11(9-15(18)19)10-16-14(17)8-7-13-6-4-3-5-12(13)2/h3-6,11H,7-10H2,1-2H3,(H,16,17)(H,18,19). The first-order chi connectivity index (χ1) is 8.99. The zero-order chi connectivity index (χ0) is 14.3. The van der Waals surface area contributed by atoms with Crippen LogP contribution in [0.2, 0.25) is 0 Å². The molecule has 2 N–H and O–H groups in total. The van der Waals surface area contributed by atoms with Crippen LogP contribution in [0.3, 0.4) is 0 Å². The highest BCUT2D eigenvalue weighted by Gasteiger charge is 2.09. The number of aryl methyl sites for hydroxylation is 2. The van der Waals surface area contributed by atoms with Gasteiger partial charge in [0.2, 0.25) is 5.91 Å². The number of rotatable bonds is 7. The van der Waals surface area contributed by atoms with E-state index in [2.05, 4.69) is 5.32 Å². The maximum absolute atomic E-state index is 11.7. The quantitative estimate of drug-likeness (QED) is 0.792. The SMILES string of the molecule is Cc1ccccc1CCC(=O)NCC(C)CC(=O)O. The Labute approximate surface area is 113 Å². The van der Waals surface area contributed by atoms with Crippen LogP contribution in [0.1, 0.15) is 30.9 Å². The molecular formula is C15H21NO3. The fraction of sp³-hybridized carbons (Fsp3) is 0.467. The van der Waals surface area contributed by atoms with E-state index in [1.165, 1.54) is 11.1 Å². The Bertz CT molecular complexity index is 443. The molecule has 0 saturated carbocycles. The average Bonchev–Trinajstić information content (AvgIpc) is 2.34. The minimum Gasteiger partial charge on any atom is -0.481 e. The molecule has 1 aromatic rings. The summed E-state index contributed by atoms with van der Waals surface area (Å²) in [7, 11) is 0. The van der Waals surface area contributed by atoms with Gasteiger partial charge in [-0.15, -0.1) is 0 Å². The van der Waals surface area contributed by atoms with Crippen LogP contribution in [0.5, 0.6) is 0 Å². The molecule has 0 radical (unpaired) electrons. The lowest BCUT2D eigenvalue weighted by Gasteiger charge is -2.10. The first kappa shape index (κ1) is 15.2. The summed E-state index contributed by atoms with van der Waals surface area (Å²) >= 11 is 0. The minimum absolute atomic E-state index is 0.0273. The Morgan fingerprint density at radius 2 is 2.00 bits per heavy atom. The van der Waals surface area contributed by atoms with Crippen LogP contribution in [-0.4, -0.2) is 23.5 Å². The Balaban J connectivity index is 2.29. The zero-order valence-corrected chi connectivity index (χ0v) is 11.5. The van der Waals surface area contributed by atoms with Crippen molar-refractivity contribution in [3.63, 3.8) is 0 Å². The number of carbonyl (C=O) groups excluding carboxylic acids is 1. The Morgan fingerprint density at radius 1 is 1.32 bits per heavy atom. The summed E-state index contributed by atoms with van der Waals surface area (Å²) in [6, 6.07) is 8.00. The van der Waals surface area contributed by atoms with Gasteiger partial charge in [-0.2, -0.15) is 0 Å². The second kappa shape index (κ2) is 7.56. The predicted molar refractivity (Wildman–Crippen MR) is 73.9 cm³/mol. The number of carboxylic acids is 1. The third kappa shape index (κ3) is 6.04. The van der Waals surface area contributed by atoms with Gasteiger partial charge in [-0.25, -0.2) is 0 Å². The van der Waals surface area contributed by atoms with Crippen molar-refractivity contribution >= 4 is 11.9 Å². The van der Waals surface area contributed by atoms with Gasteiger partial charge in [0.05, 0.1) is 0 Å². The van der Waals surface area contributed by atoms with Gasteiger partial charge in [-0.3, -0.25) is 9.59 Å². The molecule has 0 bridgehead atoms. The van der Waals surface area contributed by atoms with Gasteiger partial charge in [0.1, 0.15) is 0 Å². The molecule has 0 saturated heterocycles. The summed E-state index contributed by atoms with van der Waals surface area (Å²) in [5, 5.41) is 11.4. The van der Waals surface area contributed by atoms with Crippen molar-refractivity contribution in [2.75, 3.05) is 6.54 Å². The summed E-state index contributed by atoms with van der Waals surface area (Å²) in [6.07, 6.45) is 1.23. The number of nitrogens with one attached hydrogen (secondary N) is 1. The van der Waals surface area contributed by atoms with Crippen LogP contribution < -0.4 is 5.32 Å². The number of hydrogen-bond acceptors (Lipinski definition) is 2. The van der Waals surface area contributed by atoms with E-state index in [1.807, 2.05) is 38.1 Å². The van der Waals surface area contributed by atoms with Crippen molar-refractivity contribution in [1.82, 2.24) is 5.32 Å². The lowest BCUT2D eigenvalue weighted by Crippen LogP contribution is -2.29. The fourth-order valence-corrected chi connectivity index (χ4v) is 1.89. The highest BCUT2D eigenvalue weighted by Crippen LogP contribution is 2.09. The van der Waals surface area contributed by atoms with E-state index in [4.69, 9.17) is 5.11 Å².